The number of benzene rings is 2. The van der Waals surface area contributed by atoms with Crippen molar-refractivity contribution in [1.82, 2.24) is 15.1 Å². The summed E-state index contributed by atoms with van der Waals surface area (Å²) >= 11 is 1.26. The molecule has 4 heterocycles. The van der Waals surface area contributed by atoms with Gasteiger partial charge in [-0.15, -0.1) is 11.8 Å². The Morgan fingerprint density at radius 2 is 1.72 bits per heavy atom. The minimum atomic E-state index is -1.34. The van der Waals surface area contributed by atoms with Crippen LogP contribution in [0.3, 0.4) is 0 Å². The second-order valence-corrected chi connectivity index (χ2v) is 13.1. The Bertz CT molecular complexity index is 2040. The molecule has 2 fully saturated rings. The first kappa shape index (κ1) is 39.0. The molecule has 0 unspecified atom stereocenters. The van der Waals surface area contributed by atoms with Gasteiger partial charge in [0.05, 0.1) is 5.56 Å². The number of likely N-dealkylation sites (tertiary alicyclic amines) is 1. The Hall–Kier alpha value is -5.23. The summed E-state index contributed by atoms with van der Waals surface area (Å²) < 4.78 is 20.5. The fourth-order valence-electron chi connectivity index (χ4n) is 5.84. The van der Waals surface area contributed by atoms with Crippen LogP contribution in [0.25, 0.3) is 0 Å². The van der Waals surface area contributed by atoms with Crippen LogP contribution in [0.4, 0.5) is 10.1 Å². The molecule has 2 atom stereocenters. The van der Waals surface area contributed by atoms with Crippen LogP contribution < -0.4 is 19.9 Å². The number of allylic oxidation sites excluding steroid dienone is 1. The molecule has 4 amide bonds. The molecular weight excluding hydrogens is 724 g/mol. The van der Waals surface area contributed by atoms with Gasteiger partial charge in [-0.2, -0.15) is 4.57 Å². The molecule has 3 aromatic rings. The first-order valence-corrected chi connectivity index (χ1v) is 16.9. The summed E-state index contributed by atoms with van der Waals surface area (Å²) in [6.45, 7) is 0.141. The average molecular weight is 757 g/mol. The molecule has 2 saturated heterocycles. The second kappa shape index (κ2) is 16.6. The van der Waals surface area contributed by atoms with Crippen molar-refractivity contribution in [1.29, 1.82) is 0 Å². The summed E-state index contributed by atoms with van der Waals surface area (Å²) in [5.74, 6) is -5.31. The molecule has 2 aromatic carbocycles. The molecular formula is C35H32FN5NaO10S+. The van der Waals surface area contributed by atoms with E-state index in [0.29, 0.717) is 24.1 Å². The molecule has 0 radical (unpaired) electrons. The standard InChI is InChI=1S/C35H30FN5O10S.Na.H/c36-25-14-23(3-6-26(25)42)37-27(43)16-39-10-7-19(8-11-39)15-40-12-9-21(31(40)45)13-22-18-52-33-29(32(46)41(33)30(22)35(49)50)38-28(44)17-51-24-4-1-20(2-5-24)34(47)48;;/h1-8,10-11,13-14,29,33H,9,12,15-18H2,(H4-,37,38,42,43,44,47,48,49,50);;/p+1/b21-13+;;/t29-,33-;;/m1../s1. The number of pyridine rings is 1. The zero-order chi connectivity index (χ0) is 37.1. The molecule has 3 aliphatic rings. The number of hydrogen-bond donors (Lipinski definition) is 5. The van der Waals surface area contributed by atoms with E-state index in [4.69, 9.17) is 9.84 Å². The van der Waals surface area contributed by atoms with Crippen LogP contribution in [-0.4, -0.2) is 121 Å². The van der Waals surface area contributed by atoms with Gasteiger partial charge in [0.25, 0.3) is 17.7 Å². The molecule has 0 saturated carbocycles. The van der Waals surface area contributed by atoms with Crippen molar-refractivity contribution in [3.8, 4) is 11.5 Å². The van der Waals surface area contributed by atoms with E-state index >= 15 is 0 Å². The number of rotatable bonds is 12. The number of nitrogens with zero attached hydrogens (tertiary/aromatic N) is 3. The van der Waals surface area contributed by atoms with E-state index in [2.05, 4.69) is 10.6 Å². The van der Waals surface area contributed by atoms with Gasteiger partial charge in [-0.25, -0.2) is 14.0 Å². The minimum absolute atomic E-state index is 0. The molecule has 0 spiro atoms. The van der Waals surface area contributed by atoms with Gasteiger partial charge in [0.15, 0.2) is 30.6 Å². The van der Waals surface area contributed by atoms with Crippen molar-refractivity contribution in [2.45, 2.75) is 30.9 Å². The summed E-state index contributed by atoms with van der Waals surface area (Å²) in [6.07, 6.45) is 5.21. The number of aliphatic carboxylic acids is 1. The fourth-order valence-corrected chi connectivity index (χ4v) is 7.15. The molecule has 0 bridgehead atoms. The number of phenols is 1. The number of carboxylic acids is 2. The number of ether oxygens (including phenoxy) is 1. The number of aromatic carboxylic acids is 1. The maximum atomic E-state index is 13.6. The van der Waals surface area contributed by atoms with Gasteiger partial charge in [-0.1, -0.05) is 0 Å². The molecule has 1 aromatic heterocycles. The van der Waals surface area contributed by atoms with Gasteiger partial charge in [-0.3, -0.25) is 24.1 Å². The number of halogens is 1. The van der Waals surface area contributed by atoms with Gasteiger partial charge >= 0.3 is 41.5 Å². The average Bonchev–Trinajstić information content (AvgIpc) is 3.45. The first-order valence-electron chi connectivity index (χ1n) is 15.8. The monoisotopic (exact) mass is 756 g/mol. The van der Waals surface area contributed by atoms with Crippen molar-refractivity contribution in [2.75, 3.05) is 24.2 Å². The third-order valence-corrected chi connectivity index (χ3v) is 9.74. The van der Waals surface area contributed by atoms with E-state index in [1.165, 1.54) is 48.2 Å². The van der Waals surface area contributed by atoms with E-state index in [1.807, 2.05) is 0 Å². The van der Waals surface area contributed by atoms with Crippen LogP contribution in [-0.2, 0) is 37.1 Å². The van der Waals surface area contributed by atoms with Crippen molar-refractivity contribution in [2.24, 2.45) is 0 Å². The Labute approximate surface area is 327 Å². The molecule has 0 aliphatic carbocycles. The molecule has 53 heavy (non-hydrogen) atoms. The number of amides is 4. The Morgan fingerprint density at radius 1 is 1.00 bits per heavy atom. The number of carbonyl (C=O) groups is 6. The number of carbonyl (C=O) groups excluding carboxylic acids is 4. The van der Waals surface area contributed by atoms with Gasteiger partial charge in [0.1, 0.15) is 22.9 Å². The van der Waals surface area contributed by atoms with E-state index in [-0.39, 0.29) is 77.0 Å². The van der Waals surface area contributed by atoms with Crippen LogP contribution in [0.15, 0.2) is 89.9 Å². The van der Waals surface area contributed by atoms with Gasteiger partial charge in [0, 0.05) is 48.3 Å². The zero-order valence-electron chi connectivity index (χ0n) is 27.2. The van der Waals surface area contributed by atoms with Crippen molar-refractivity contribution >= 4 is 82.6 Å². The summed E-state index contributed by atoms with van der Waals surface area (Å²) in [4.78, 5) is 77.4. The number of carboxylic acid groups (broad SMARTS) is 2. The summed E-state index contributed by atoms with van der Waals surface area (Å²) in [6, 6.07) is 11.5. The molecule has 270 valence electrons. The van der Waals surface area contributed by atoms with Gasteiger partial charge in [0.2, 0.25) is 12.5 Å². The second-order valence-electron chi connectivity index (χ2n) is 12.0. The number of β-lactam (4-membered cyclic amide) rings is 1. The van der Waals surface area contributed by atoms with Crippen LogP contribution in [0.5, 0.6) is 11.5 Å². The third-order valence-electron chi connectivity index (χ3n) is 8.44. The summed E-state index contributed by atoms with van der Waals surface area (Å²) in [7, 11) is 0. The zero-order valence-corrected chi connectivity index (χ0v) is 28.0. The summed E-state index contributed by atoms with van der Waals surface area (Å²) in [5.41, 5.74) is 1.49. The summed E-state index contributed by atoms with van der Waals surface area (Å²) in [5, 5.41) is 32.8. The number of phenolic OH excluding ortho intramolecular Hbond substituents is 1. The predicted octanol–water partition coefficient (Wildman–Crippen LogP) is 0.984. The van der Waals surface area contributed by atoms with Crippen LogP contribution in [0.2, 0.25) is 0 Å². The van der Waals surface area contributed by atoms with E-state index in [0.717, 1.165) is 22.6 Å². The number of thioether (sulfide) groups is 1. The molecule has 15 nitrogen and oxygen atoms in total. The predicted molar refractivity (Wildman–Crippen MR) is 187 cm³/mol. The Balaban J connectivity index is 0.00000541. The third kappa shape index (κ3) is 8.88. The van der Waals surface area contributed by atoms with Crippen molar-refractivity contribution in [3.05, 3.63) is 107 Å². The first-order chi connectivity index (χ1) is 24.9. The Kier molecular flexibility index (Phi) is 12.2. The number of aromatic hydroxyl groups is 1. The number of nitrogens with one attached hydrogen (secondary N) is 2. The number of aromatic nitrogens is 1. The fraction of sp³-hybridized carbons (Fsp3) is 0.229. The van der Waals surface area contributed by atoms with E-state index in [9.17, 15) is 43.4 Å². The van der Waals surface area contributed by atoms with Gasteiger partial charge in [-0.05, 0) is 60.0 Å². The Morgan fingerprint density at radius 3 is 2.38 bits per heavy atom. The number of hydrogen-bond acceptors (Lipinski definition) is 9. The normalized spacial score (nSPS) is 18.5. The SMILES string of the molecule is O=C(C[n+]1ccc(CN2CC/C(=C\C3=C(C(=O)O)N4C(=O)[C@@H](NC(=O)COc5ccc(C(=O)O)cc5)[C@H]4SC3)C2=O)cc1)Nc1ccc(O)c(F)c1.[NaH]. The topological polar surface area (TPSA) is 207 Å². The molecule has 18 heteroatoms. The van der Waals surface area contributed by atoms with E-state index < -0.39 is 59.2 Å². The van der Waals surface area contributed by atoms with Gasteiger partial charge < -0.3 is 35.6 Å². The van der Waals surface area contributed by atoms with Crippen molar-refractivity contribution < 1.29 is 57.8 Å². The molecule has 3 aliphatic heterocycles. The maximum absolute atomic E-state index is 13.6. The molecule has 5 N–H and O–H groups in total. The van der Waals surface area contributed by atoms with E-state index in [1.54, 1.807) is 34.0 Å². The quantitative estimate of drug-likeness (QED) is 0.0579. The van der Waals surface area contributed by atoms with Crippen LogP contribution in [0.1, 0.15) is 22.3 Å². The number of fused-ring (bicyclic) bond motifs is 1. The van der Waals surface area contributed by atoms with Crippen LogP contribution in [0, 0.1) is 5.82 Å². The molecule has 6 rings (SSSR count). The van der Waals surface area contributed by atoms with Crippen molar-refractivity contribution in [3.63, 3.8) is 0 Å². The number of anilines is 1. The van der Waals surface area contributed by atoms with Crippen LogP contribution >= 0.6 is 11.8 Å².